The van der Waals surface area contributed by atoms with Gasteiger partial charge in [0.05, 0.1) is 18.7 Å². The van der Waals surface area contributed by atoms with Crippen LogP contribution in [0.4, 0.5) is 0 Å². The quantitative estimate of drug-likeness (QED) is 0.839. The minimum atomic E-state index is -0.124. The van der Waals surface area contributed by atoms with Gasteiger partial charge in [0.1, 0.15) is 5.75 Å². The second-order valence-electron chi connectivity index (χ2n) is 4.60. The molecular formula is C15H22N2O. The molecule has 0 aromatic heterocycles. The Hall–Kier alpha value is -1.53. The molecule has 0 saturated heterocycles. The van der Waals surface area contributed by atoms with Crippen molar-refractivity contribution in [1.29, 1.82) is 5.26 Å². The summed E-state index contributed by atoms with van der Waals surface area (Å²) in [7, 11) is 0. The number of rotatable bonds is 6. The molecule has 98 valence electrons. The van der Waals surface area contributed by atoms with Crippen LogP contribution in [0.5, 0.6) is 5.75 Å². The highest BCUT2D eigenvalue weighted by atomic mass is 16.5. The number of hydrogen-bond donors (Lipinski definition) is 1. The Balaban J connectivity index is 2.57. The highest BCUT2D eigenvalue weighted by molar-refractivity contribution is 5.42. The van der Waals surface area contributed by atoms with Gasteiger partial charge in [0.2, 0.25) is 0 Å². The average molecular weight is 246 g/mol. The molecule has 0 bridgehead atoms. The second-order valence-corrected chi connectivity index (χ2v) is 4.60. The lowest BCUT2D eigenvalue weighted by molar-refractivity contribution is 0.295. The molecule has 0 heterocycles. The van der Waals surface area contributed by atoms with Gasteiger partial charge >= 0.3 is 0 Å². The molecule has 0 amide bonds. The Bertz CT molecular complexity index is 412. The Kier molecular flexibility index (Phi) is 5.67. The molecule has 1 atom stereocenters. The van der Waals surface area contributed by atoms with E-state index in [-0.39, 0.29) is 6.04 Å². The molecule has 0 saturated carbocycles. The molecule has 18 heavy (non-hydrogen) atoms. The van der Waals surface area contributed by atoms with Gasteiger partial charge in [-0.25, -0.2) is 0 Å². The number of nitrogens with zero attached hydrogens (tertiary/aromatic N) is 1. The first-order valence-electron chi connectivity index (χ1n) is 6.42. The van der Waals surface area contributed by atoms with Crippen LogP contribution in [0.15, 0.2) is 12.1 Å². The number of benzene rings is 1. The number of nitriles is 1. The van der Waals surface area contributed by atoms with E-state index in [1.165, 1.54) is 5.56 Å². The summed E-state index contributed by atoms with van der Waals surface area (Å²) in [6.07, 6.45) is 0.705. The molecule has 1 aromatic carbocycles. The molecule has 3 heteroatoms. The monoisotopic (exact) mass is 246 g/mol. The van der Waals surface area contributed by atoms with Crippen molar-refractivity contribution >= 4 is 0 Å². The van der Waals surface area contributed by atoms with Gasteiger partial charge in [-0.05, 0) is 38.4 Å². The number of ether oxygens (including phenoxy) is 1. The maximum absolute atomic E-state index is 8.93. The molecule has 0 aliphatic rings. The lowest BCUT2D eigenvalue weighted by Gasteiger charge is -2.15. The first kappa shape index (κ1) is 14.5. The van der Waals surface area contributed by atoms with E-state index >= 15 is 0 Å². The van der Waals surface area contributed by atoms with Gasteiger partial charge in [-0.3, -0.25) is 0 Å². The van der Waals surface area contributed by atoms with Gasteiger partial charge in [-0.15, -0.1) is 0 Å². The maximum atomic E-state index is 8.93. The van der Waals surface area contributed by atoms with Crippen LogP contribution in [0, 0.1) is 32.1 Å². The lowest BCUT2D eigenvalue weighted by atomic mass is 10.1. The van der Waals surface area contributed by atoms with E-state index in [0.717, 1.165) is 23.4 Å². The summed E-state index contributed by atoms with van der Waals surface area (Å²) in [5.74, 6) is 0.953. The third kappa shape index (κ3) is 4.05. The van der Waals surface area contributed by atoms with Crippen molar-refractivity contribution in [1.82, 2.24) is 5.32 Å². The zero-order valence-electron chi connectivity index (χ0n) is 11.7. The summed E-state index contributed by atoms with van der Waals surface area (Å²) in [5, 5.41) is 12.0. The number of aryl methyl sites for hydroxylation is 3. The van der Waals surface area contributed by atoms with Crippen LogP contribution in [-0.4, -0.2) is 19.2 Å². The fourth-order valence-electron chi connectivity index (χ4n) is 2.13. The summed E-state index contributed by atoms with van der Waals surface area (Å²) in [6.45, 7) is 9.57. The summed E-state index contributed by atoms with van der Waals surface area (Å²) < 4.78 is 5.81. The van der Waals surface area contributed by atoms with Crippen molar-refractivity contribution in [3.8, 4) is 11.8 Å². The van der Waals surface area contributed by atoms with Gasteiger partial charge in [-0.1, -0.05) is 24.6 Å². The summed E-state index contributed by atoms with van der Waals surface area (Å²) >= 11 is 0. The predicted octanol–water partition coefficient (Wildman–Crippen LogP) is 2.88. The van der Waals surface area contributed by atoms with E-state index in [0.29, 0.717) is 13.0 Å². The largest absolute Gasteiger partial charge is 0.493 e. The first-order chi connectivity index (χ1) is 8.58. The van der Waals surface area contributed by atoms with Crippen LogP contribution in [0.1, 0.15) is 30.0 Å². The zero-order chi connectivity index (χ0) is 13.5. The fraction of sp³-hybridized carbons (Fsp3) is 0.533. The molecule has 0 fully saturated rings. The summed E-state index contributed by atoms with van der Waals surface area (Å²) in [5.41, 5.74) is 3.56. The average Bonchev–Trinajstić information content (AvgIpc) is 2.31. The van der Waals surface area contributed by atoms with E-state index in [2.05, 4.69) is 44.3 Å². The third-order valence-electron chi connectivity index (χ3n) is 2.86. The van der Waals surface area contributed by atoms with E-state index in [4.69, 9.17) is 10.00 Å². The van der Waals surface area contributed by atoms with E-state index in [9.17, 15) is 0 Å². The Morgan fingerprint density at radius 3 is 2.39 bits per heavy atom. The van der Waals surface area contributed by atoms with Gasteiger partial charge in [0.25, 0.3) is 0 Å². The maximum Gasteiger partial charge on any atom is 0.125 e. The molecule has 1 rings (SSSR count). The van der Waals surface area contributed by atoms with E-state index < -0.39 is 0 Å². The topological polar surface area (TPSA) is 45.0 Å². The van der Waals surface area contributed by atoms with Crippen LogP contribution in [0.25, 0.3) is 0 Å². The highest BCUT2D eigenvalue weighted by Gasteiger charge is 2.08. The van der Waals surface area contributed by atoms with Crippen molar-refractivity contribution in [2.24, 2.45) is 0 Å². The van der Waals surface area contributed by atoms with Crippen LogP contribution in [0.2, 0.25) is 0 Å². The van der Waals surface area contributed by atoms with Crippen LogP contribution in [0.3, 0.4) is 0 Å². The zero-order valence-corrected chi connectivity index (χ0v) is 11.7. The van der Waals surface area contributed by atoms with Gasteiger partial charge in [0.15, 0.2) is 0 Å². The molecule has 1 aromatic rings. The Labute approximate surface area is 110 Å². The highest BCUT2D eigenvalue weighted by Crippen LogP contribution is 2.24. The lowest BCUT2D eigenvalue weighted by Crippen LogP contribution is -2.28. The minimum absolute atomic E-state index is 0.124. The van der Waals surface area contributed by atoms with Gasteiger partial charge in [0, 0.05) is 6.42 Å². The fourth-order valence-corrected chi connectivity index (χ4v) is 2.13. The van der Waals surface area contributed by atoms with Gasteiger partial charge < -0.3 is 10.1 Å². The molecule has 1 unspecified atom stereocenters. The number of nitrogens with one attached hydrogen (secondary N) is 1. The Morgan fingerprint density at radius 1 is 1.28 bits per heavy atom. The van der Waals surface area contributed by atoms with Crippen LogP contribution >= 0.6 is 0 Å². The van der Waals surface area contributed by atoms with Crippen LogP contribution in [-0.2, 0) is 0 Å². The van der Waals surface area contributed by atoms with Crippen molar-refractivity contribution in [2.75, 3.05) is 13.2 Å². The first-order valence-corrected chi connectivity index (χ1v) is 6.42. The van der Waals surface area contributed by atoms with E-state index in [1.807, 2.05) is 6.92 Å². The molecule has 0 radical (unpaired) electrons. The standard InChI is InChI=1S/C15H22N2O/c1-5-17-14(10-16)6-7-18-15-12(3)8-11(2)9-13(15)4/h8-9,14,17H,5-7H2,1-4H3. The van der Waals surface area contributed by atoms with Gasteiger partial charge in [-0.2, -0.15) is 5.26 Å². The number of hydrogen-bond acceptors (Lipinski definition) is 3. The van der Waals surface area contributed by atoms with Crippen molar-refractivity contribution in [2.45, 2.75) is 40.2 Å². The van der Waals surface area contributed by atoms with Crippen molar-refractivity contribution < 1.29 is 4.74 Å². The molecule has 0 aliphatic carbocycles. The normalized spacial score (nSPS) is 11.9. The molecule has 0 aliphatic heterocycles. The summed E-state index contributed by atoms with van der Waals surface area (Å²) in [4.78, 5) is 0. The molecule has 3 nitrogen and oxygen atoms in total. The Morgan fingerprint density at radius 2 is 1.89 bits per heavy atom. The predicted molar refractivity (Wildman–Crippen MR) is 73.8 cm³/mol. The van der Waals surface area contributed by atoms with E-state index in [1.54, 1.807) is 0 Å². The molecule has 1 N–H and O–H groups in total. The third-order valence-corrected chi connectivity index (χ3v) is 2.86. The minimum Gasteiger partial charge on any atom is -0.493 e. The second kappa shape index (κ2) is 7.03. The molecule has 0 spiro atoms. The summed E-state index contributed by atoms with van der Waals surface area (Å²) in [6, 6.07) is 6.35. The SMILES string of the molecule is CCNC(C#N)CCOc1c(C)cc(C)cc1C. The van der Waals surface area contributed by atoms with Crippen molar-refractivity contribution in [3.05, 3.63) is 28.8 Å². The molecular weight excluding hydrogens is 224 g/mol. The van der Waals surface area contributed by atoms with Crippen LogP contribution < -0.4 is 10.1 Å². The van der Waals surface area contributed by atoms with Crippen molar-refractivity contribution in [3.63, 3.8) is 0 Å². The smallest absolute Gasteiger partial charge is 0.125 e.